The van der Waals surface area contributed by atoms with Crippen LogP contribution in [0.3, 0.4) is 0 Å². The Kier molecular flexibility index (Phi) is 3.80. The molecule has 3 nitrogen and oxygen atoms in total. The third-order valence-corrected chi connectivity index (χ3v) is 2.15. The van der Waals surface area contributed by atoms with Crippen molar-refractivity contribution >= 4 is 23.2 Å². The molecule has 0 amide bonds. The van der Waals surface area contributed by atoms with Gasteiger partial charge in [0.1, 0.15) is 4.49 Å². The van der Waals surface area contributed by atoms with Crippen LogP contribution in [0.2, 0.25) is 0 Å². The summed E-state index contributed by atoms with van der Waals surface area (Å²) >= 11 is 10.8. The van der Waals surface area contributed by atoms with E-state index in [1.54, 1.807) is 6.08 Å². The Labute approximate surface area is 81.2 Å². The second kappa shape index (κ2) is 4.44. The highest BCUT2D eigenvalue weighted by Gasteiger charge is 2.28. The number of halogens is 2. The number of hydrogen-bond donors (Lipinski definition) is 2. The minimum atomic E-state index is -0.646. The molecule has 0 aromatic rings. The molecule has 1 heterocycles. The molecule has 1 fully saturated rings. The lowest BCUT2D eigenvalue weighted by Gasteiger charge is -2.10. The fraction of sp³-hybridized carbons (Fsp3) is 0.714. The molecule has 0 bridgehead atoms. The Morgan fingerprint density at radius 2 is 1.83 bits per heavy atom. The number of rotatable bonds is 2. The molecule has 0 unspecified atom stereocenters. The van der Waals surface area contributed by atoms with Crippen LogP contribution >= 0.6 is 23.2 Å². The Morgan fingerprint density at radius 1 is 1.33 bits per heavy atom. The van der Waals surface area contributed by atoms with E-state index in [2.05, 4.69) is 0 Å². The molecule has 0 spiro atoms. The lowest BCUT2D eigenvalue weighted by atomic mass is 10.3. The van der Waals surface area contributed by atoms with E-state index >= 15 is 0 Å². The van der Waals surface area contributed by atoms with Gasteiger partial charge in [-0.15, -0.1) is 0 Å². The van der Waals surface area contributed by atoms with Crippen molar-refractivity contribution < 1.29 is 10.2 Å². The predicted octanol–water partition coefficient (Wildman–Crippen LogP) is 0.343. The van der Waals surface area contributed by atoms with Crippen molar-refractivity contribution in [1.82, 2.24) is 4.90 Å². The van der Waals surface area contributed by atoms with E-state index in [0.29, 0.717) is 19.6 Å². The van der Waals surface area contributed by atoms with E-state index in [4.69, 9.17) is 33.4 Å². The lowest BCUT2D eigenvalue weighted by molar-refractivity contribution is 0.0572. The summed E-state index contributed by atoms with van der Waals surface area (Å²) in [6.07, 6.45) is 0.341. The largest absolute Gasteiger partial charge is 0.389 e. The zero-order valence-corrected chi connectivity index (χ0v) is 7.96. The Bertz CT molecular complexity index is 172. The third-order valence-electron chi connectivity index (χ3n) is 1.84. The maximum atomic E-state index is 9.16. The Morgan fingerprint density at radius 3 is 2.25 bits per heavy atom. The van der Waals surface area contributed by atoms with Gasteiger partial charge in [-0.3, -0.25) is 4.90 Å². The maximum Gasteiger partial charge on any atom is 0.104 e. The minimum Gasteiger partial charge on any atom is -0.389 e. The summed E-state index contributed by atoms with van der Waals surface area (Å²) in [5, 5.41) is 18.3. The summed E-state index contributed by atoms with van der Waals surface area (Å²) in [7, 11) is 0. The van der Waals surface area contributed by atoms with E-state index in [1.165, 1.54) is 0 Å². The molecule has 0 radical (unpaired) electrons. The van der Waals surface area contributed by atoms with Crippen LogP contribution in [0, 0.1) is 0 Å². The van der Waals surface area contributed by atoms with Gasteiger partial charge in [-0.1, -0.05) is 23.2 Å². The average molecular weight is 212 g/mol. The summed E-state index contributed by atoms with van der Waals surface area (Å²) in [5.74, 6) is 0. The first kappa shape index (κ1) is 10.3. The van der Waals surface area contributed by atoms with Gasteiger partial charge >= 0.3 is 0 Å². The molecule has 2 N–H and O–H groups in total. The third kappa shape index (κ3) is 2.92. The quantitative estimate of drug-likeness (QED) is 0.693. The fourth-order valence-electron chi connectivity index (χ4n) is 1.19. The second-order valence-electron chi connectivity index (χ2n) is 2.85. The summed E-state index contributed by atoms with van der Waals surface area (Å²) < 4.78 is 0.214. The molecule has 1 aliphatic heterocycles. The molecule has 1 rings (SSSR count). The molecule has 70 valence electrons. The zero-order chi connectivity index (χ0) is 9.14. The number of likely N-dealkylation sites (tertiary alicyclic amines) is 1. The van der Waals surface area contributed by atoms with Crippen molar-refractivity contribution in [3.05, 3.63) is 10.6 Å². The monoisotopic (exact) mass is 211 g/mol. The Balaban J connectivity index is 2.33. The van der Waals surface area contributed by atoms with Crippen LogP contribution in [0.1, 0.15) is 0 Å². The molecule has 1 saturated heterocycles. The summed E-state index contributed by atoms with van der Waals surface area (Å²) in [4.78, 5) is 1.88. The van der Waals surface area contributed by atoms with E-state index in [-0.39, 0.29) is 4.49 Å². The van der Waals surface area contributed by atoms with Gasteiger partial charge in [-0.05, 0) is 6.08 Å². The molecule has 2 atom stereocenters. The highest BCUT2D eigenvalue weighted by Crippen LogP contribution is 2.11. The van der Waals surface area contributed by atoms with Crippen molar-refractivity contribution in [3.63, 3.8) is 0 Å². The normalized spacial score (nSPS) is 30.7. The summed E-state index contributed by atoms with van der Waals surface area (Å²) in [6, 6.07) is 0. The van der Waals surface area contributed by atoms with Gasteiger partial charge in [-0.2, -0.15) is 0 Å². The SMILES string of the molecule is O[C@@H]1CN(CC=C(Cl)Cl)C[C@@H]1O. The number of β-amino-alcohol motifs (C(OH)–C–C–N with tert-alkyl or cyclic N) is 2. The van der Waals surface area contributed by atoms with Crippen LogP contribution in [-0.4, -0.2) is 47.0 Å². The molecule has 0 aliphatic carbocycles. The predicted molar refractivity (Wildman–Crippen MR) is 48.2 cm³/mol. The van der Waals surface area contributed by atoms with Crippen LogP contribution < -0.4 is 0 Å². The highest BCUT2D eigenvalue weighted by molar-refractivity contribution is 6.55. The number of nitrogens with zero attached hydrogens (tertiary/aromatic N) is 1. The molecule has 12 heavy (non-hydrogen) atoms. The van der Waals surface area contributed by atoms with Gasteiger partial charge in [0.25, 0.3) is 0 Å². The second-order valence-corrected chi connectivity index (χ2v) is 3.85. The Hall–Kier alpha value is 0.200. The number of aliphatic hydroxyl groups excluding tert-OH is 2. The average Bonchev–Trinajstić information content (AvgIpc) is 2.28. The van der Waals surface area contributed by atoms with Crippen molar-refractivity contribution in [2.75, 3.05) is 19.6 Å². The number of hydrogen-bond acceptors (Lipinski definition) is 3. The molecular weight excluding hydrogens is 201 g/mol. The standard InChI is InChI=1S/C7H11Cl2NO2/c8-7(9)1-2-10-3-5(11)6(12)4-10/h1,5-6,11-12H,2-4H2/t5-,6+. The van der Waals surface area contributed by atoms with Crippen molar-refractivity contribution in [2.45, 2.75) is 12.2 Å². The number of aliphatic hydroxyl groups is 2. The highest BCUT2D eigenvalue weighted by atomic mass is 35.5. The van der Waals surface area contributed by atoms with Gasteiger partial charge in [-0.25, -0.2) is 0 Å². The van der Waals surface area contributed by atoms with Crippen LogP contribution in [0.15, 0.2) is 10.6 Å². The first-order valence-corrected chi connectivity index (χ1v) is 4.45. The van der Waals surface area contributed by atoms with Crippen LogP contribution in [0.25, 0.3) is 0 Å². The van der Waals surface area contributed by atoms with Gasteiger partial charge in [0.15, 0.2) is 0 Å². The van der Waals surface area contributed by atoms with Crippen LogP contribution in [-0.2, 0) is 0 Å². The molecule has 5 heteroatoms. The van der Waals surface area contributed by atoms with Crippen molar-refractivity contribution in [2.24, 2.45) is 0 Å². The minimum absolute atomic E-state index is 0.214. The topological polar surface area (TPSA) is 43.7 Å². The van der Waals surface area contributed by atoms with Crippen molar-refractivity contribution in [1.29, 1.82) is 0 Å². The zero-order valence-electron chi connectivity index (χ0n) is 6.45. The van der Waals surface area contributed by atoms with Crippen LogP contribution in [0.4, 0.5) is 0 Å². The maximum absolute atomic E-state index is 9.16. The summed E-state index contributed by atoms with van der Waals surface area (Å²) in [6.45, 7) is 1.51. The molecule has 0 aromatic heterocycles. The van der Waals surface area contributed by atoms with E-state index in [9.17, 15) is 0 Å². The van der Waals surface area contributed by atoms with Crippen LogP contribution in [0.5, 0.6) is 0 Å². The van der Waals surface area contributed by atoms with E-state index in [1.807, 2.05) is 4.90 Å². The summed E-state index contributed by atoms with van der Waals surface area (Å²) in [5.41, 5.74) is 0. The van der Waals surface area contributed by atoms with Gasteiger partial charge < -0.3 is 10.2 Å². The van der Waals surface area contributed by atoms with Crippen molar-refractivity contribution in [3.8, 4) is 0 Å². The molecule has 0 aromatic carbocycles. The van der Waals surface area contributed by atoms with Gasteiger partial charge in [0.05, 0.1) is 12.2 Å². The first-order chi connectivity index (χ1) is 5.59. The molecular formula is C7H11Cl2NO2. The smallest absolute Gasteiger partial charge is 0.104 e. The van der Waals surface area contributed by atoms with E-state index in [0.717, 1.165) is 0 Å². The van der Waals surface area contributed by atoms with Gasteiger partial charge in [0, 0.05) is 19.6 Å². The van der Waals surface area contributed by atoms with E-state index < -0.39 is 12.2 Å². The first-order valence-electron chi connectivity index (χ1n) is 3.69. The lowest BCUT2D eigenvalue weighted by Crippen LogP contribution is -2.22. The molecule has 1 aliphatic rings. The fourth-order valence-corrected chi connectivity index (χ4v) is 1.33. The van der Waals surface area contributed by atoms with Gasteiger partial charge in [0.2, 0.25) is 0 Å². The molecule has 0 saturated carbocycles.